The highest BCUT2D eigenvalue weighted by molar-refractivity contribution is 5.88. The van der Waals surface area contributed by atoms with E-state index in [1.54, 1.807) is 0 Å². The molecular formula is C14H21NO3. The van der Waals surface area contributed by atoms with Crippen molar-refractivity contribution in [3.8, 4) is 0 Å². The second-order valence-electron chi connectivity index (χ2n) is 5.55. The molecule has 1 N–H and O–H groups in total. The Morgan fingerprint density at radius 2 is 2.22 bits per heavy atom. The molecule has 100 valence electrons. The zero-order valence-electron chi connectivity index (χ0n) is 11.2. The minimum Gasteiger partial charge on any atom is -0.478 e. The number of hydrogen-bond acceptors (Lipinski definition) is 3. The Morgan fingerprint density at radius 3 is 2.89 bits per heavy atom. The average molecular weight is 251 g/mol. The van der Waals surface area contributed by atoms with Gasteiger partial charge in [-0.15, -0.1) is 0 Å². The summed E-state index contributed by atoms with van der Waals surface area (Å²) in [7, 11) is 0. The van der Waals surface area contributed by atoms with Crippen LogP contribution in [0.25, 0.3) is 0 Å². The maximum atomic E-state index is 11.1. The Morgan fingerprint density at radius 1 is 1.50 bits per heavy atom. The zero-order valence-corrected chi connectivity index (χ0v) is 11.2. The van der Waals surface area contributed by atoms with Gasteiger partial charge in [0.15, 0.2) is 0 Å². The average Bonchev–Trinajstić information content (AvgIpc) is 2.73. The van der Waals surface area contributed by atoms with Crippen LogP contribution in [-0.2, 0) is 6.54 Å². The van der Waals surface area contributed by atoms with E-state index >= 15 is 0 Å². The van der Waals surface area contributed by atoms with E-state index < -0.39 is 5.97 Å². The van der Waals surface area contributed by atoms with Crippen LogP contribution in [0.5, 0.6) is 0 Å². The van der Waals surface area contributed by atoms with Gasteiger partial charge in [-0.2, -0.15) is 0 Å². The molecule has 0 bridgehead atoms. The summed E-state index contributed by atoms with van der Waals surface area (Å²) in [4.78, 5) is 13.4. The molecule has 1 aliphatic heterocycles. The lowest BCUT2D eigenvalue weighted by Crippen LogP contribution is -2.45. The lowest BCUT2D eigenvalue weighted by molar-refractivity contribution is 0.0627. The molecule has 0 radical (unpaired) electrons. The summed E-state index contributed by atoms with van der Waals surface area (Å²) in [5.41, 5.74) is 0.285. The van der Waals surface area contributed by atoms with Gasteiger partial charge in [-0.25, -0.2) is 4.79 Å². The van der Waals surface area contributed by atoms with Gasteiger partial charge < -0.3 is 9.52 Å². The van der Waals surface area contributed by atoms with Crippen molar-refractivity contribution < 1.29 is 14.3 Å². The van der Waals surface area contributed by atoms with Crippen molar-refractivity contribution >= 4 is 5.97 Å². The molecule has 2 heterocycles. The number of likely N-dealkylation sites (tertiary alicyclic amines) is 1. The van der Waals surface area contributed by atoms with Gasteiger partial charge in [0.05, 0.1) is 12.8 Å². The van der Waals surface area contributed by atoms with E-state index in [1.165, 1.54) is 18.8 Å². The second-order valence-corrected chi connectivity index (χ2v) is 5.55. The molecule has 1 aromatic heterocycles. The Balaban J connectivity index is 2.12. The van der Waals surface area contributed by atoms with Crippen LogP contribution >= 0.6 is 0 Å². The fourth-order valence-electron chi connectivity index (χ4n) is 2.88. The smallest absolute Gasteiger partial charge is 0.339 e. The van der Waals surface area contributed by atoms with Gasteiger partial charge in [-0.1, -0.05) is 13.8 Å². The maximum Gasteiger partial charge on any atom is 0.339 e. The quantitative estimate of drug-likeness (QED) is 0.897. The van der Waals surface area contributed by atoms with Gasteiger partial charge >= 0.3 is 5.97 Å². The summed E-state index contributed by atoms with van der Waals surface area (Å²) in [6, 6.07) is 1.99. The molecule has 18 heavy (non-hydrogen) atoms. The molecular weight excluding hydrogens is 230 g/mol. The zero-order chi connectivity index (χ0) is 13.3. The van der Waals surface area contributed by atoms with Crippen LogP contribution in [0.4, 0.5) is 0 Å². The first kappa shape index (κ1) is 13.1. The van der Waals surface area contributed by atoms with Crippen molar-refractivity contribution in [2.75, 3.05) is 6.54 Å². The number of hydrogen-bond donors (Lipinski definition) is 1. The molecule has 0 amide bonds. The number of nitrogens with zero attached hydrogens (tertiary/aromatic N) is 1. The van der Waals surface area contributed by atoms with Gasteiger partial charge in [-0.3, -0.25) is 4.90 Å². The van der Waals surface area contributed by atoms with Crippen LogP contribution in [0, 0.1) is 11.8 Å². The van der Waals surface area contributed by atoms with Crippen LogP contribution in [0.15, 0.2) is 16.7 Å². The lowest BCUT2D eigenvalue weighted by Gasteiger charge is -2.40. The van der Waals surface area contributed by atoms with Crippen molar-refractivity contribution in [2.24, 2.45) is 11.8 Å². The third kappa shape index (κ3) is 2.58. The highest BCUT2D eigenvalue weighted by atomic mass is 16.4. The first-order chi connectivity index (χ1) is 8.49. The monoisotopic (exact) mass is 251 g/mol. The summed E-state index contributed by atoms with van der Waals surface area (Å²) in [5, 5.41) is 9.08. The van der Waals surface area contributed by atoms with Crippen LogP contribution < -0.4 is 0 Å². The third-order valence-electron chi connectivity index (χ3n) is 4.04. The molecule has 3 unspecified atom stereocenters. The van der Waals surface area contributed by atoms with E-state index in [0.29, 0.717) is 30.2 Å². The number of carboxylic acid groups (broad SMARTS) is 1. The molecule has 3 atom stereocenters. The van der Waals surface area contributed by atoms with Gasteiger partial charge in [-0.05, 0) is 31.2 Å². The van der Waals surface area contributed by atoms with E-state index in [0.717, 1.165) is 6.54 Å². The minimum absolute atomic E-state index is 0.285. The van der Waals surface area contributed by atoms with Gasteiger partial charge in [0.25, 0.3) is 0 Å². The Kier molecular flexibility index (Phi) is 3.76. The van der Waals surface area contributed by atoms with E-state index in [2.05, 4.69) is 25.7 Å². The predicted octanol–water partition coefficient (Wildman–Crippen LogP) is 2.84. The summed E-state index contributed by atoms with van der Waals surface area (Å²) < 4.78 is 5.33. The van der Waals surface area contributed by atoms with Gasteiger partial charge in [0, 0.05) is 12.6 Å². The van der Waals surface area contributed by atoms with Crippen molar-refractivity contribution in [1.82, 2.24) is 4.90 Å². The van der Waals surface area contributed by atoms with Gasteiger partial charge in [0.2, 0.25) is 0 Å². The highest BCUT2D eigenvalue weighted by Crippen LogP contribution is 2.28. The maximum absolute atomic E-state index is 11.1. The van der Waals surface area contributed by atoms with E-state index in [9.17, 15) is 4.79 Å². The number of carboxylic acids is 1. The topological polar surface area (TPSA) is 53.7 Å². The third-order valence-corrected chi connectivity index (χ3v) is 4.04. The molecule has 4 nitrogen and oxygen atoms in total. The molecule has 1 saturated heterocycles. The standard InChI is InChI=1S/C14H21NO3/c1-9-6-10(2)11(3)15(7-9)8-13-12(14(16)17)4-5-18-13/h4-5,9-11H,6-8H2,1-3H3,(H,16,17). The number of carbonyl (C=O) groups is 1. The molecule has 0 spiro atoms. The predicted molar refractivity (Wildman–Crippen MR) is 68.5 cm³/mol. The highest BCUT2D eigenvalue weighted by Gasteiger charge is 2.30. The SMILES string of the molecule is CC1CC(C)C(C)N(Cc2occc2C(=O)O)C1. The van der Waals surface area contributed by atoms with Crippen molar-refractivity contribution in [3.05, 3.63) is 23.7 Å². The number of aromatic carboxylic acids is 1. The molecule has 0 saturated carbocycles. The molecule has 1 aromatic rings. The van der Waals surface area contributed by atoms with Crippen LogP contribution in [-0.4, -0.2) is 28.6 Å². The number of rotatable bonds is 3. The fourth-order valence-corrected chi connectivity index (χ4v) is 2.88. The van der Waals surface area contributed by atoms with E-state index in [4.69, 9.17) is 9.52 Å². The first-order valence-corrected chi connectivity index (χ1v) is 6.52. The lowest BCUT2D eigenvalue weighted by atomic mass is 9.86. The van der Waals surface area contributed by atoms with Crippen LogP contribution in [0.2, 0.25) is 0 Å². The van der Waals surface area contributed by atoms with Gasteiger partial charge in [0.1, 0.15) is 11.3 Å². The van der Waals surface area contributed by atoms with E-state index in [1.807, 2.05) is 0 Å². The molecule has 1 aliphatic rings. The normalized spacial score (nSPS) is 29.4. The minimum atomic E-state index is -0.912. The molecule has 0 aromatic carbocycles. The second kappa shape index (κ2) is 5.14. The summed E-state index contributed by atoms with van der Waals surface area (Å²) in [5.74, 6) is 0.941. The van der Waals surface area contributed by atoms with Crippen molar-refractivity contribution in [2.45, 2.75) is 39.8 Å². The fraction of sp³-hybridized carbons (Fsp3) is 0.643. The summed E-state index contributed by atoms with van der Waals surface area (Å²) in [6.45, 7) is 8.30. The first-order valence-electron chi connectivity index (χ1n) is 6.52. The van der Waals surface area contributed by atoms with E-state index in [-0.39, 0.29) is 5.56 Å². The van der Waals surface area contributed by atoms with Crippen LogP contribution in [0.1, 0.15) is 43.3 Å². The summed E-state index contributed by atoms with van der Waals surface area (Å²) >= 11 is 0. The van der Waals surface area contributed by atoms with Crippen molar-refractivity contribution in [1.29, 1.82) is 0 Å². The molecule has 4 heteroatoms. The number of furan rings is 1. The largest absolute Gasteiger partial charge is 0.478 e. The Bertz CT molecular complexity index is 426. The number of piperidine rings is 1. The van der Waals surface area contributed by atoms with Crippen molar-refractivity contribution in [3.63, 3.8) is 0 Å². The molecule has 0 aliphatic carbocycles. The molecule has 2 rings (SSSR count). The Hall–Kier alpha value is -1.29. The Labute approximate surface area is 108 Å². The summed E-state index contributed by atoms with van der Waals surface area (Å²) in [6.07, 6.45) is 2.70. The molecule has 1 fully saturated rings. The van der Waals surface area contributed by atoms with Crippen LogP contribution in [0.3, 0.4) is 0 Å².